The molecule has 1 aromatic heterocycles. The van der Waals surface area contributed by atoms with Crippen LogP contribution in [0, 0.1) is 0 Å². The molecule has 4 N–H and O–H groups in total. The third kappa shape index (κ3) is 2.86. The molecule has 1 amide bonds. The van der Waals surface area contributed by atoms with E-state index in [4.69, 9.17) is 5.11 Å². The number of benzene rings is 1. The fraction of sp³-hybridized carbons (Fsp3) is 0.167. The van der Waals surface area contributed by atoms with Gasteiger partial charge < -0.3 is 20.4 Å². The number of imidazole rings is 1. The Morgan fingerprint density at radius 3 is 2.56 bits per heavy atom. The molecule has 2 aromatic rings. The van der Waals surface area contributed by atoms with E-state index in [1.54, 1.807) is 12.1 Å². The molecule has 1 aromatic carbocycles. The van der Waals surface area contributed by atoms with Gasteiger partial charge in [0, 0.05) is 18.5 Å². The number of aromatic nitrogens is 2. The van der Waals surface area contributed by atoms with Crippen molar-refractivity contribution in [3.63, 3.8) is 0 Å². The van der Waals surface area contributed by atoms with E-state index in [0.717, 1.165) is 5.56 Å². The van der Waals surface area contributed by atoms with Gasteiger partial charge in [0.2, 0.25) is 0 Å². The van der Waals surface area contributed by atoms with Crippen LogP contribution in [0.4, 0.5) is 5.69 Å². The van der Waals surface area contributed by atoms with Crippen molar-refractivity contribution in [3.05, 3.63) is 52.2 Å². The highest BCUT2D eigenvalue weighted by molar-refractivity contribution is 6.02. The number of amides is 1. The number of carbonyl (C=O) groups excluding carboxylic acids is 1. The summed E-state index contributed by atoms with van der Waals surface area (Å²) in [5.74, 6) is -0.386. The number of hydrogen-bond donors (Lipinski definition) is 4. The van der Waals surface area contributed by atoms with Gasteiger partial charge in [-0.25, -0.2) is 4.79 Å². The highest BCUT2D eigenvalue weighted by Gasteiger charge is 2.07. The summed E-state index contributed by atoms with van der Waals surface area (Å²) < 4.78 is 0. The summed E-state index contributed by atoms with van der Waals surface area (Å²) in [6.45, 7) is 0.0935. The zero-order chi connectivity index (χ0) is 13.0. The van der Waals surface area contributed by atoms with Gasteiger partial charge in [0.05, 0.1) is 0 Å². The molecule has 0 radical (unpaired) electrons. The van der Waals surface area contributed by atoms with Crippen molar-refractivity contribution in [1.82, 2.24) is 9.97 Å². The predicted octanol–water partition coefficient (Wildman–Crippen LogP) is 0.490. The Labute approximate surface area is 103 Å². The monoisotopic (exact) mass is 247 g/mol. The van der Waals surface area contributed by atoms with Crippen molar-refractivity contribution in [2.45, 2.75) is 6.42 Å². The molecule has 94 valence electrons. The Kier molecular flexibility index (Phi) is 3.59. The maximum absolute atomic E-state index is 11.7. The number of anilines is 1. The van der Waals surface area contributed by atoms with Crippen LogP contribution in [0.25, 0.3) is 0 Å². The highest BCUT2D eigenvalue weighted by Crippen LogP contribution is 2.10. The van der Waals surface area contributed by atoms with E-state index in [-0.39, 0.29) is 18.2 Å². The molecular formula is C12H13N3O3. The number of H-pyrrole nitrogens is 2. The van der Waals surface area contributed by atoms with E-state index in [2.05, 4.69) is 15.3 Å². The second kappa shape index (κ2) is 5.33. The van der Waals surface area contributed by atoms with Crippen molar-refractivity contribution >= 4 is 11.6 Å². The molecule has 2 rings (SSSR count). The summed E-state index contributed by atoms with van der Waals surface area (Å²) in [6.07, 6.45) is 1.90. The molecule has 0 aliphatic carbocycles. The third-order valence-corrected chi connectivity index (χ3v) is 2.45. The van der Waals surface area contributed by atoms with Gasteiger partial charge in [-0.2, -0.15) is 0 Å². The van der Waals surface area contributed by atoms with Crippen molar-refractivity contribution in [3.8, 4) is 0 Å². The number of aromatic amines is 2. The summed E-state index contributed by atoms with van der Waals surface area (Å²) in [5, 5.41) is 11.4. The zero-order valence-electron chi connectivity index (χ0n) is 9.56. The van der Waals surface area contributed by atoms with Gasteiger partial charge >= 0.3 is 5.69 Å². The summed E-state index contributed by atoms with van der Waals surface area (Å²) in [6, 6.07) is 7.14. The van der Waals surface area contributed by atoms with E-state index in [1.807, 2.05) is 12.1 Å². The molecule has 0 bridgehead atoms. The molecule has 0 atom stereocenters. The minimum absolute atomic E-state index is 0.0935. The zero-order valence-corrected chi connectivity index (χ0v) is 9.56. The van der Waals surface area contributed by atoms with E-state index >= 15 is 0 Å². The average Bonchev–Trinajstić information content (AvgIpc) is 2.79. The molecule has 18 heavy (non-hydrogen) atoms. The van der Waals surface area contributed by atoms with Crippen LogP contribution in [-0.4, -0.2) is 27.6 Å². The van der Waals surface area contributed by atoms with Crippen molar-refractivity contribution in [2.75, 3.05) is 11.9 Å². The van der Waals surface area contributed by atoms with Crippen LogP contribution in [0.15, 0.2) is 35.3 Å². The first kappa shape index (κ1) is 12.1. The van der Waals surface area contributed by atoms with Gasteiger partial charge in [-0.1, -0.05) is 12.1 Å². The van der Waals surface area contributed by atoms with Crippen LogP contribution in [0.3, 0.4) is 0 Å². The van der Waals surface area contributed by atoms with Crippen LogP contribution in [0.2, 0.25) is 0 Å². The van der Waals surface area contributed by atoms with E-state index in [9.17, 15) is 9.59 Å². The average molecular weight is 247 g/mol. The second-order valence-electron chi connectivity index (χ2n) is 3.78. The Bertz CT molecular complexity index is 583. The Morgan fingerprint density at radius 2 is 2.00 bits per heavy atom. The minimum atomic E-state index is -0.418. The van der Waals surface area contributed by atoms with Gasteiger partial charge in [-0.3, -0.25) is 4.79 Å². The molecule has 0 spiro atoms. The number of carbonyl (C=O) groups is 1. The number of nitrogens with one attached hydrogen (secondary N) is 3. The molecule has 6 nitrogen and oxygen atoms in total. The smallest absolute Gasteiger partial charge is 0.323 e. The second-order valence-corrected chi connectivity index (χ2v) is 3.78. The fourth-order valence-corrected chi connectivity index (χ4v) is 1.54. The molecule has 0 fully saturated rings. The molecule has 6 heteroatoms. The van der Waals surface area contributed by atoms with E-state index in [1.165, 1.54) is 6.20 Å². The maximum Gasteiger partial charge on any atom is 0.323 e. The quantitative estimate of drug-likeness (QED) is 0.632. The minimum Gasteiger partial charge on any atom is -0.396 e. The standard InChI is InChI=1S/C12H13N3O3/c16-6-5-8-1-3-9(4-2-8)14-11(17)10-7-13-12(18)15-10/h1-4,7,16H,5-6H2,(H,14,17)(H2,13,15,18). The number of rotatable bonds is 4. The van der Waals surface area contributed by atoms with Crippen LogP contribution in [0.5, 0.6) is 0 Å². The molecule has 0 unspecified atom stereocenters. The molecular weight excluding hydrogens is 234 g/mol. The molecule has 0 aliphatic rings. The van der Waals surface area contributed by atoms with Crippen LogP contribution in [-0.2, 0) is 6.42 Å². The highest BCUT2D eigenvalue weighted by atomic mass is 16.3. The summed E-state index contributed by atoms with van der Waals surface area (Å²) in [5.41, 5.74) is 1.38. The van der Waals surface area contributed by atoms with Crippen molar-refractivity contribution in [2.24, 2.45) is 0 Å². The van der Waals surface area contributed by atoms with Gasteiger partial charge in [-0.15, -0.1) is 0 Å². The van der Waals surface area contributed by atoms with Crippen molar-refractivity contribution < 1.29 is 9.90 Å². The Balaban J connectivity index is 2.05. The van der Waals surface area contributed by atoms with Crippen LogP contribution >= 0.6 is 0 Å². The third-order valence-electron chi connectivity index (χ3n) is 2.45. The lowest BCUT2D eigenvalue weighted by Gasteiger charge is -2.04. The molecule has 1 heterocycles. The lowest BCUT2D eigenvalue weighted by Crippen LogP contribution is -2.13. The Hall–Kier alpha value is -2.34. The first-order valence-electron chi connectivity index (χ1n) is 5.48. The first-order valence-corrected chi connectivity index (χ1v) is 5.48. The Morgan fingerprint density at radius 1 is 1.28 bits per heavy atom. The summed E-state index contributed by atoms with van der Waals surface area (Å²) in [4.78, 5) is 27.3. The number of aliphatic hydroxyl groups excluding tert-OH is 1. The summed E-state index contributed by atoms with van der Waals surface area (Å²) >= 11 is 0. The van der Waals surface area contributed by atoms with Gasteiger partial charge in [0.15, 0.2) is 0 Å². The van der Waals surface area contributed by atoms with Crippen LogP contribution in [0.1, 0.15) is 16.1 Å². The molecule has 0 saturated heterocycles. The lowest BCUT2D eigenvalue weighted by atomic mass is 10.1. The molecule has 0 aliphatic heterocycles. The van der Waals surface area contributed by atoms with Gasteiger partial charge in [0.1, 0.15) is 5.69 Å². The lowest BCUT2D eigenvalue weighted by molar-refractivity contribution is 0.102. The van der Waals surface area contributed by atoms with Gasteiger partial charge in [0.25, 0.3) is 5.91 Å². The predicted molar refractivity (Wildman–Crippen MR) is 66.6 cm³/mol. The summed E-state index contributed by atoms with van der Waals surface area (Å²) in [7, 11) is 0. The van der Waals surface area contributed by atoms with Crippen LogP contribution < -0.4 is 11.0 Å². The SMILES string of the molecule is O=C(Nc1ccc(CCO)cc1)c1c[nH]c(=O)[nH]1. The number of hydrogen-bond acceptors (Lipinski definition) is 3. The van der Waals surface area contributed by atoms with E-state index < -0.39 is 5.69 Å². The topological polar surface area (TPSA) is 98.0 Å². The maximum atomic E-state index is 11.7. The van der Waals surface area contributed by atoms with Crippen molar-refractivity contribution in [1.29, 1.82) is 0 Å². The molecule has 0 saturated carbocycles. The van der Waals surface area contributed by atoms with E-state index in [0.29, 0.717) is 12.1 Å². The fourth-order valence-electron chi connectivity index (χ4n) is 1.54. The normalized spacial score (nSPS) is 10.3. The largest absolute Gasteiger partial charge is 0.396 e. The van der Waals surface area contributed by atoms with Gasteiger partial charge in [-0.05, 0) is 24.1 Å². The number of aliphatic hydroxyl groups is 1. The first-order chi connectivity index (χ1) is 8.69.